The fourth-order valence-electron chi connectivity index (χ4n) is 6.52. The van der Waals surface area contributed by atoms with Crippen molar-refractivity contribution in [1.29, 1.82) is 10.5 Å². The lowest BCUT2D eigenvalue weighted by molar-refractivity contribution is 0.631. The highest BCUT2D eigenvalue weighted by Gasteiger charge is 2.28. The van der Waals surface area contributed by atoms with Crippen molar-refractivity contribution in [2.45, 2.75) is 9.79 Å². The molecule has 0 atom stereocenters. The van der Waals surface area contributed by atoms with E-state index in [1.807, 2.05) is 18.2 Å². The van der Waals surface area contributed by atoms with E-state index in [2.05, 4.69) is 108 Å². The normalized spacial score (nSPS) is 12.2. The predicted octanol–water partition coefficient (Wildman–Crippen LogP) is 11.8. The van der Waals surface area contributed by atoms with Crippen LogP contribution in [-0.2, 0) is 0 Å². The molecule has 1 aliphatic heterocycles. The summed E-state index contributed by atoms with van der Waals surface area (Å²) in [4.78, 5) is 4.73. The van der Waals surface area contributed by atoms with Crippen LogP contribution >= 0.6 is 23.1 Å². The van der Waals surface area contributed by atoms with E-state index in [-0.39, 0.29) is 0 Å². The van der Waals surface area contributed by atoms with Crippen LogP contribution in [0.1, 0.15) is 11.1 Å². The van der Waals surface area contributed by atoms with Gasteiger partial charge in [-0.2, -0.15) is 10.5 Å². The summed E-state index contributed by atoms with van der Waals surface area (Å²) in [6.45, 7) is 0. The minimum atomic E-state index is 0.485. The van der Waals surface area contributed by atoms with Crippen LogP contribution < -0.4 is 4.90 Å². The van der Waals surface area contributed by atoms with Crippen LogP contribution in [0.25, 0.3) is 53.6 Å². The van der Waals surface area contributed by atoms with Gasteiger partial charge in [-0.05, 0) is 60.7 Å². The SMILES string of the molecule is N#Cc1cccc(C#N)c1-c1ccc(N2c3ccccc3Sc3ccccc32)c2c1sc1cc(-c3cc4ccccc4o3)ccc12. The van der Waals surface area contributed by atoms with Gasteiger partial charge >= 0.3 is 0 Å². The Morgan fingerprint density at radius 3 is 2.04 bits per heavy atom. The second-order valence-electron chi connectivity index (χ2n) is 11.1. The topological polar surface area (TPSA) is 64.0 Å². The van der Waals surface area contributed by atoms with Gasteiger partial charge in [-0.3, -0.25) is 0 Å². The van der Waals surface area contributed by atoms with E-state index in [4.69, 9.17) is 4.42 Å². The molecule has 0 bridgehead atoms. The fourth-order valence-corrected chi connectivity index (χ4v) is 8.86. The molecule has 0 saturated heterocycles. The van der Waals surface area contributed by atoms with E-state index in [0.717, 1.165) is 65.1 Å². The molecule has 0 unspecified atom stereocenters. The molecular formula is C40H21N3OS2. The van der Waals surface area contributed by atoms with Gasteiger partial charge in [-0.1, -0.05) is 78.5 Å². The predicted molar refractivity (Wildman–Crippen MR) is 188 cm³/mol. The van der Waals surface area contributed by atoms with Crippen LogP contribution in [0.3, 0.4) is 0 Å². The summed E-state index contributed by atoms with van der Waals surface area (Å²) in [5, 5.41) is 23.5. The Hall–Kier alpha value is -5.79. The number of anilines is 3. The molecule has 6 heteroatoms. The zero-order valence-electron chi connectivity index (χ0n) is 24.2. The molecule has 8 aromatic rings. The second-order valence-corrected chi connectivity index (χ2v) is 13.3. The highest BCUT2D eigenvalue weighted by Crippen LogP contribution is 2.55. The Kier molecular flexibility index (Phi) is 6.01. The molecule has 0 fully saturated rings. The van der Waals surface area contributed by atoms with Crippen molar-refractivity contribution in [3.8, 4) is 34.6 Å². The van der Waals surface area contributed by atoms with Crippen molar-refractivity contribution >= 4 is 71.3 Å². The molecule has 1 aliphatic rings. The number of nitriles is 2. The molecule has 0 amide bonds. The molecule has 0 aliphatic carbocycles. The quantitative estimate of drug-likeness (QED) is 0.196. The number of hydrogen-bond acceptors (Lipinski definition) is 6. The van der Waals surface area contributed by atoms with Crippen molar-refractivity contribution in [2.75, 3.05) is 4.90 Å². The summed E-state index contributed by atoms with van der Waals surface area (Å²) in [6.07, 6.45) is 0. The van der Waals surface area contributed by atoms with Gasteiger partial charge in [-0.15, -0.1) is 11.3 Å². The summed E-state index contributed by atoms with van der Waals surface area (Å²) >= 11 is 3.47. The molecule has 214 valence electrons. The lowest BCUT2D eigenvalue weighted by atomic mass is 9.93. The standard InChI is InChI=1S/C40H21N3OS2/c41-22-26-9-7-10-27(23-42)38(26)29-18-19-32(43-30-11-2-5-14-35(30)45-36-15-6-3-12-31(36)43)39-28-17-16-25(21-37(28)46-40(29)39)34-20-24-8-1-4-13-33(24)44-34/h1-21H. The molecule has 0 radical (unpaired) electrons. The van der Waals surface area contributed by atoms with Crippen molar-refractivity contribution in [3.63, 3.8) is 0 Å². The first-order chi connectivity index (χ1) is 22.7. The minimum Gasteiger partial charge on any atom is -0.456 e. The van der Waals surface area contributed by atoms with Crippen molar-refractivity contribution in [3.05, 3.63) is 139 Å². The van der Waals surface area contributed by atoms with Crippen LogP contribution in [0, 0.1) is 22.7 Å². The van der Waals surface area contributed by atoms with Crippen molar-refractivity contribution in [2.24, 2.45) is 0 Å². The fraction of sp³-hybridized carbons (Fsp3) is 0. The van der Waals surface area contributed by atoms with E-state index < -0.39 is 0 Å². The molecule has 6 aromatic carbocycles. The number of thiophene rings is 1. The average molecular weight is 624 g/mol. The first-order valence-corrected chi connectivity index (χ1v) is 16.4. The van der Waals surface area contributed by atoms with Gasteiger partial charge in [0.1, 0.15) is 11.3 Å². The number of hydrogen-bond donors (Lipinski definition) is 0. The lowest BCUT2D eigenvalue weighted by Gasteiger charge is -2.33. The number of furan rings is 1. The largest absolute Gasteiger partial charge is 0.456 e. The van der Waals surface area contributed by atoms with Gasteiger partial charge in [-0.25, -0.2) is 0 Å². The van der Waals surface area contributed by atoms with Crippen molar-refractivity contribution in [1.82, 2.24) is 0 Å². The molecule has 0 N–H and O–H groups in total. The third-order valence-electron chi connectivity index (χ3n) is 8.56. The number of rotatable bonds is 3. The molecule has 2 aromatic heterocycles. The molecular weight excluding hydrogens is 603 g/mol. The number of nitrogens with zero attached hydrogens (tertiary/aromatic N) is 3. The third kappa shape index (κ3) is 3.99. The van der Waals surface area contributed by atoms with Crippen molar-refractivity contribution < 1.29 is 4.42 Å². The first-order valence-electron chi connectivity index (χ1n) is 14.8. The Labute approximate surface area is 273 Å². The van der Waals surface area contributed by atoms with Gasteiger partial charge in [0, 0.05) is 52.0 Å². The number of fused-ring (bicyclic) bond motifs is 6. The highest BCUT2D eigenvalue weighted by atomic mass is 32.2. The van der Waals surface area contributed by atoms with Crippen LogP contribution in [0.2, 0.25) is 0 Å². The van der Waals surface area contributed by atoms with Gasteiger partial charge in [0.15, 0.2) is 0 Å². The highest BCUT2D eigenvalue weighted by molar-refractivity contribution is 7.99. The summed E-state index contributed by atoms with van der Waals surface area (Å²) < 4.78 is 8.38. The number of benzene rings is 6. The van der Waals surface area contributed by atoms with Crippen LogP contribution in [-0.4, -0.2) is 0 Å². The van der Waals surface area contributed by atoms with Gasteiger partial charge < -0.3 is 9.32 Å². The van der Waals surface area contributed by atoms with Crippen LogP contribution in [0.5, 0.6) is 0 Å². The summed E-state index contributed by atoms with van der Waals surface area (Å²) in [5.41, 5.74) is 7.67. The summed E-state index contributed by atoms with van der Waals surface area (Å²) in [6, 6.07) is 47.9. The van der Waals surface area contributed by atoms with Crippen LogP contribution in [0.4, 0.5) is 17.1 Å². The zero-order chi connectivity index (χ0) is 30.8. The smallest absolute Gasteiger partial charge is 0.135 e. The van der Waals surface area contributed by atoms with Crippen LogP contribution in [0.15, 0.2) is 142 Å². The third-order valence-corrected chi connectivity index (χ3v) is 10.9. The minimum absolute atomic E-state index is 0.485. The second kappa shape index (κ2) is 10.4. The number of para-hydroxylation sites is 3. The molecule has 3 heterocycles. The molecule has 0 saturated carbocycles. The lowest BCUT2D eigenvalue weighted by Crippen LogP contribution is -2.15. The maximum atomic E-state index is 10.1. The maximum absolute atomic E-state index is 10.1. The molecule has 4 nitrogen and oxygen atoms in total. The Bertz CT molecular complexity index is 2510. The molecule has 9 rings (SSSR count). The van der Waals surface area contributed by atoms with E-state index in [1.54, 1.807) is 41.3 Å². The summed E-state index contributed by atoms with van der Waals surface area (Å²) in [7, 11) is 0. The van der Waals surface area contributed by atoms with E-state index in [9.17, 15) is 10.5 Å². The van der Waals surface area contributed by atoms with E-state index in [1.165, 1.54) is 9.79 Å². The summed E-state index contributed by atoms with van der Waals surface area (Å²) in [5.74, 6) is 0.818. The zero-order valence-corrected chi connectivity index (χ0v) is 25.8. The first kappa shape index (κ1) is 26.6. The monoisotopic (exact) mass is 623 g/mol. The van der Waals surface area contributed by atoms with Gasteiger partial charge in [0.25, 0.3) is 0 Å². The Morgan fingerprint density at radius 1 is 0.630 bits per heavy atom. The Balaban J connectivity index is 1.37. The van der Waals surface area contributed by atoms with Gasteiger partial charge in [0.05, 0.1) is 40.3 Å². The molecule has 0 spiro atoms. The Morgan fingerprint density at radius 2 is 1.33 bits per heavy atom. The maximum Gasteiger partial charge on any atom is 0.135 e. The average Bonchev–Trinajstić information content (AvgIpc) is 3.72. The van der Waals surface area contributed by atoms with Gasteiger partial charge in [0.2, 0.25) is 0 Å². The molecule has 46 heavy (non-hydrogen) atoms. The van der Waals surface area contributed by atoms with E-state index in [0.29, 0.717) is 16.7 Å². The van der Waals surface area contributed by atoms with E-state index >= 15 is 0 Å².